The van der Waals surface area contributed by atoms with Crippen LogP contribution in [0.2, 0.25) is 5.32 Å². The van der Waals surface area contributed by atoms with Gasteiger partial charge in [0, 0.05) is 0 Å². The predicted octanol–water partition coefficient (Wildman–Crippen LogP) is 2.93. The van der Waals surface area contributed by atoms with Crippen LogP contribution in [0.3, 0.4) is 0 Å². The molecule has 1 N–H and O–H groups in total. The van der Waals surface area contributed by atoms with Crippen LogP contribution in [0, 0.1) is 0 Å². The van der Waals surface area contributed by atoms with Crippen LogP contribution in [0.5, 0.6) is 0 Å². The second-order valence-electron chi connectivity index (χ2n) is 3.69. The fourth-order valence-corrected chi connectivity index (χ4v) is 3.61. The molecule has 0 saturated heterocycles. The summed E-state index contributed by atoms with van der Waals surface area (Å²) in [5.41, 5.74) is 0.992. The van der Waals surface area contributed by atoms with Crippen LogP contribution < -0.4 is 4.46 Å². The molecule has 0 fully saturated rings. The van der Waals surface area contributed by atoms with E-state index in [2.05, 4.69) is 28.1 Å². The van der Waals surface area contributed by atoms with Gasteiger partial charge in [-0.1, -0.05) is 0 Å². The van der Waals surface area contributed by atoms with Crippen molar-refractivity contribution in [1.82, 2.24) is 0 Å². The van der Waals surface area contributed by atoms with E-state index in [-0.39, 0.29) is 6.10 Å². The van der Waals surface area contributed by atoms with E-state index in [0.717, 1.165) is 15.4 Å². The zero-order valence-electron chi connectivity index (χ0n) is 9.21. The van der Waals surface area contributed by atoms with E-state index >= 15 is 0 Å². The summed E-state index contributed by atoms with van der Waals surface area (Å²) in [7, 11) is 0. The maximum absolute atomic E-state index is 10.1. The van der Waals surface area contributed by atoms with Gasteiger partial charge in [-0.25, -0.2) is 0 Å². The Morgan fingerprint density at radius 3 is 2.29 bits per heavy atom. The van der Waals surface area contributed by atoms with Crippen LogP contribution in [0.25, 0.3) is 0 Å². The molecule has 88 valence electrons. The average Bonchev–Trinajstić information content (AvgIpc) is 2.38. The second kappa shape index (κ2) is 6.36. The van der Waals surface area contributed by atoms with Crippen LogP contribution >= 0.6 is 15.9 Å². The molecule has 17 heavy (non-hydrogen) atoms. The Bertz CT molecular complexity index is 455. The third-order valence-electron chi connectivity index (χ3n) is 2.41. The first-order chi connectivity index (χ1) is 8.25. The predicted molar refractivity (Wildman–Crippen MR) is 75.7 cm³/mol. The van der Waals surface area contributed by atoms with E-state index in [4.69, 9.17) is 0 Å². The minimum absolute atomic E-state index is 0.327. The fraction of sp³-hybridized carbons (Fsp3) is 0.143. The standard InChI is InChI=1S/C14H13BrOSe/c15-12-8-6-11(7-9-12)14(16)10-17-13-4-2-1-3-5-13/h1-9,14,16H,10H2/t14-/m0/s1. The SMILES string of the molecule is O[C@@H](C[Se]c1ccccc1)c1ccc(Br)cc1. The van der Waals surface area contributed by atoms with E-state index < -0.39 is 0 Å². The number of hydrogen-bond acceptors (Lipinski definition) is 1. The topological polar surface area (TPSA) is 20.2 Å². The zero-order valence-corrected chi connectivity index (χ0v) is 12.5. The summed E-state index contributed by atoms with van der Waals surface area (Å²) in [5, 5.41) is 10.9. The van der Waals surface area contributed by atoms with E-state index in [0.29, 0.717) is 15.0 Å². The molecule has 0 unspecified atom stereocenters. The molecule has 0 heterocycles. The normalized spacial score (nSPS) is 12.4. The molecule has 0 aliphatic heterocycles. The van der Waals surface area contributed by atoms with Crippen molar-refractivity contribution in [2.24, 2.45) is 0 Å². The van der Waals surface area contributed by atoms with Gasteiger partial charge in [-0.15, -0.1) is 0 Å². The summed E-state index contributed by atoms with van der Waals surface area (Å²) in [4.78, 5) is 0. The molecule has 2 rings (SSSR count). The Labute approximate surface area is 116 Å². The molecule has 1 nitrogen and oxygen atoms in total. The van der Waals surface area contributed by atoms with Crippen molar-refractivity contribution in [3.05, 3.63) is 64.6 Å². The van der Waals surface area contributed by atoms with Crippen molar-refractivity contribution in [2.45, 2.75) is 11.4 Å². The van der Waals surface area contributed by atoms with E-state index in [1.807, 2.05) is 42.5 Å². The number of hydrogen-bond donors (Lipinski definition) is 1. The average molecular weight is 356 g/mol. The molecular formula is C14H13BrOSe. The van der Waals surface area contributed by atoms with E-state index in [1.165, 1.54) is 4.46 Å². The van der Waals surface area contributed by atoms with Crippen LogP contribution in [-0.2, 0) is 0 Å². The molecule has 0 aliphatic rings. The quantitative estimate of drug-likeness (QED) is 0.836. The van der Waals surface area contributed by atoms with Gasteiger partial charge in [0.1, 0.15) is 0 Å². The first kappa shape index (κ1) is 12.8. The van der Waals surface area contributed by atoms with Gasteiger partial charge < -0.3 is 0 Å². The van der Waals surface area contributed by atoms with Crippen molar-refractivity contribution in [1.29, 1.82) is 0 Å². The third kappa shape index (κ3) is 3.97. The number of aliphatic hydroxyl groups excluding tert-OH is 1. The van der Waals surface area contributed by atoms with Gasteiger partial charge in [-0.3, -0.25) is 0 Å². The van der Waals surface area contributed by atoms with Crippen LogP contribution in [0.4, 0.5) is 0 Å². The number of rotatable bonds is 4. The molecule has 0 amide bonds. The molecule has 1 atom stereocenters. The molecule has 0 aromatic heterocycles. The van der Waals surface area contributed by atoms with Crippen molar-refractivity contribution < 1.29 is 5.11 Å². The van der Waals surface area contributed by atoms with Crippen molar-refractivity contribution in [3.8, 4) is 0 Å². The molecule has 2 aromatic rings. The van der Waals surface area contributed by atoms with Crippen LogP contribution in [0.1, 0.15) is 11.7 Å². The molecule has 2 aromatic carbocycles. The Balaban J connectivity index is 1.93. The zero-order chi connectivity index (χ0) is 12.1. The maximum atomic E-state index is 10.1. The minimum atomic E-state index is -0.358. The van der Waals surface area contributed by atoms with Gasteiger partial charge in [0.2, 0.25) is 0 Å². The summed E-state index contributed by atoms with van der Waals surface area (Å²) < 4.78 is 2.37. The van der Waals surface area contributed by atoms with Crippen molar-refractivity contribution >= 4 is 35.3 Å². The summed E-state index contributed by atoms with van der Waals surface area (Å²) in [5.74, 6) is 0. The van der Waals surface area contributed by atoms with Gasteiger partial charge in [0.25, 0.3) is 0 Å². The van der Waals surface area contributed by atoms with Gasteiger partial charge in [-0.05, 0) is 0 Å². The Hall–Kier alpha value is -0.601. The Kier molecular flexibility index (Phi) is 4.81. The molecule has 0 radical (unpaired) electrons. The first-order valence-electron chi connectivity index (χ1n) is 5.37. The molecule has 0 aliphatic carbocycles. The van der Waals surface area contributed by atoms with Crippen molar-refractivity contribution in [2.75, 3.05) is 0 Å². The number of halogens is 1. The summed E-state index contributed by atoms with van der Waals surface area (Å²) in [6.07, 6.45) is -0.358. The Morgan fingerprint density at radius 1 is 1.00 bits per heavy atom. The van der Waals surface area contributed by atoms with Gasteiger partial charge in [0.05, 0.1) is 0 Å². The summed E-state index contributed by atoms with van der Waals surface area (Å²) >= 11 is 3.72. The molecule has 0 spiro atoms. The number of benzene rings is 2. The second-order valence-corrected chi connectivity index (χ2v) is 6.90. The van der Waals surface area contributed by atoms with E-state index in [1.54, 1.807) is 0 Å². The monoisotopic (exact) mass is 356 g/mol. The van der Waals surface area contributed by atoms with Crippen molar-refractivity contribution in [3.63, 3.8) is 0 Å². The molecule has 3 heteroatoms. The van der Waals surface area contributed by atoms with Gasteiger partial charge in [0.15, 0.2) is 0 Å². The Morgan fingerprint density at radius 2 is 1.65 bits per heavy atom. The van der Waals surface area contributed by atoms with Crippen LogP contribution in [-0.4, -0.2) is 20.1 Å². The summed E-state index contributed by atoms with van der Waals surface area (Å²) in [6.45, 7) is 0. The van der Waals surface area contributed by atoms with E-state index in [9.17, 15) is 5.11 Å². The fourth-order valence-electron chi connectivity index (χ4n) is 1.47. The molecule has 0 saturated carbocycles. The van der Waals surface area contributed by atoms with Gasteiger partial charge >= 0.3 is 117 Å². The summed E-state index contributed by atoms with van der Waals surface area (Å²) in [6, 6.07) is 18.2. The molecular weight excluding hydrogens is 343 g/mol. The van der Waals surface area contributed by atoms with Gasteiger partial charge in [-0.2, -0.15) is 0 Å². The third-order valence-corrected chi connectivity index (χ3v) is 5.22. The van der Waals surface area contributed by atoms with Crippen LogP contribution in [0.15, 0.2) is 59.1 Å². The first-order valence-corrected chi connectivity index (χ1v) is 8.23. The number of aliphatic hydroxyl groups is 1. The molecule has 0 bridgehead atoms.